The van der Waals surface area contributed by atoms with Gasteiger partial charge in [0.1, 0.15) is 12.5 Å². The van der Waals surface area contributed by atoms with E-state index in [0.717, 1.165) is 0 Å². The van der Waals surface area contributed by atoms with Gasteiger partial charge in [0.2, 0.25) is 0 Å². The number of halogens is 3. The average molecular weight is 239 g/mol. The molecule has 0 heterocycles. The maximum atomic E-state index is 13.1. The van der Waals surface area contributed by atoms with Gasteiger partial charge >= 0.3 is 0 Å². The van der Waals surface area contributed by atoms with Crippen LogP contribution in [0.5, 0.6) is 0 Å². The average Bonchev–Trinajstić information content (AvgIpc) is 2.28. The minimum Gasteiger partial charge on any atom is -0.246 e. The Kier molecular flexibility index (Phi) is 3.20. The van der Waals surface area contributed by atoms with Crippen molar-refractivity contribution in [3.05, 3.63) is 58.9 Å². The lowest BCUT2D eigenvalue weighted by Gasteiger charge is -2.08. The monoisotopic (exact) mass is 238 g/mol. The Bertz CT molecular complexity index is 509. The summed E-state index contributed by atoms with van der Waals surface area (Å²) in [4.78, 5) is 0. The summed E-state index contributed by atoms with van der Waals surface area (Å²) in [5.41, 5.74) is 1.67. The minimum absolute atomic E-state index is 0.345. The molecule has 0 aromatic heterocycles. The SMILES string of the molecule is FCc1c(Cl)cccc1-c1cccc(F)c1. The molecule has 0 aliphatic carbocycles. The smallest absolute Gasteiger partial charge is 0.123 e. The van der Waals surface area contributed by atoms with Gasteiger partial charge in [0, 0.05) is 10.6 Å². The van der Waals surface area contributed by atoms with E-state index in [-0.39, 0.29) is 5.82 Å². The molecule has 0 unspecified atom stereocenters. The Hall–Kier alpha value is -1.41. The first-order valence-electron chi connectivity index (χ1n) is 4.81. The highest BCUT2D eigenvalue weighted by molar-refractivity contribution is 6.31. The van der Waals surface area contributed by atoms with Gasteiger partial charge in [-0.2, -0.15) is 0 Å². The Labute approximate surface area is 97.5 Å². The standard InChI is InChI=1S/C13H9ClF2/c14-13-6-2-5-11(12(13)8-15)9-3-1-4-10(16)7-9/h1-7H,8H2. The van der Waals surface area contributed by atoms with Crippen molar-refractivity contribution in [2.24, 2.45) is 0 Å². The molecule has 0 atom stereocenters. The predicted molar refractivity (Wildman–Crippen MR) is 61.7 cm³/mol. The molecule has 2 aromatic rings. The van der Waals surface area contributed by atoms with Crippen LogP contribution in [0.25, 0.3) is 11.1 Å². The van der Waals surface area contributed by atoms with Crippen molar-refractivity contribution in [2.45, 2.75) is 6.67 Å². The topological polar surface area (TPSA) is 0 Å². The van der Waals surface area contributed by atoms with Gasteiger partial charge in [0.15, 0.2) is 0 Å². The van der Waals surface area contributed by atoms with E-state index in [0.29, 0.717) is 21.7 Å². The first kappa shape index (κ1) is 11.1. The Morgan fingerprint density at radius 2 is 1.81 bits per heavy atom. The molecule has 82 valence electrons. The normalized spacial score (nSPS) is 10.4. The molecule has 0 bridgehead atoms. The quantitative estimate of drug-likeness (QED) is 0.716. The first-order valence-corrected chi connectivity index (χ1v) is 5.19. The van der Waals surface area contributed by atoms with Crippen molar-refractivity contribution >= 4 is 11.6 Å². The van der Waals surface area contributed by atoms with Gasteiger partial charge in [-0.25, -0.2) is 8.78 Å². The molecule has 3 heteroatoms. The van der Waals surface area contributed by atoms with Gasteiger partial charge in [0.05, 0.1) is 0 Å². The third kappa shape index (κ3) is 2.07. The van der Waals surface area contributed by atoms with Gasteiger partial charge in [-0.1, -0.05) is 35.9 Å². The van der Waals surface area contributed by atoms with Crippen LogP contribution in [0.1, 0.15) is 5.56 Å². The molecule has 2 rings (SSSR count). The maximum Gasteiger partial charge on any atom is 0.123 e. The molecule has 16 heavy (non-hydrogen) atoms. The second-order valence-electron chi connectivity index (χ2n) is 3.41. The summed E-state index contributed by atoms with van der Waals surface area (Å²) < 4.78 is 25.9. The molecule has 0 radical (unpaired) electrons. The summed E-state index contributed by atoms with van der Waals surface area (Å²) in [5, 5.41) is 0.365. The van der Waals surface area contributed by atoms with Crippen molar-refractivity contribution in [1.29, 1.82) is 0 Å². The van der Waals surface area contributed by atoms with E-state index in [2.05, 4.69) is 0 Å². The molecule has 0 saturated carbocycles. The van der Waals surface area contributed by atoms with Crippen molar-refractivity contribution in [3.63, 3.8) is 0 Å². The van der Waals surface area contributed by atoms with Crippen LogP contribution in [0, 0.1) is 5.82 Å². The van der Waals surface area contributed by atoms with Crippen molar-refractivity contribution in [1.82, 2.24) is 0 Å². The van der Waals surface area contributed by atoms with E-state index in [9.17, 15) is 8.78 Å². The Morgan fingerprint density at radius 1 is 1.06 bits per heavy atom. The molecule has 0 fully saturated rings. The zero-order valence-electron chi connectivity index (χ0n) is 8.38. The van der Waals surface area contributed by atoms with Crippen LogP contribution in [0.4, 0.5) is 8.78 Å². The van der Waals surface area contributed by atoms with Gasteiger partial charge in [-0.15, -0.1) is 0 Å². The van der Waals surface area contributed by atoms with Gasteiger partial charge in [0.25, 0.3) is 0 Å². The van der Waals surface area contributed by atoms with Crippen LogP contribution in [0.3, 0.4) is 0 Å². The van der Waals surface area contributed by atoms with Crippen LogP contribution in [0.15, 0.2) is 42.5 Å². The maximum absolute atomic E-state index is 13.1. The first-order chi connectivity index (χ1) is 7.72. The van der Waals surface area contributed by atoms with E-state index in [4.69, 9.17) is 11.6 Å². The fourth-order valence-electron chi connectivity index (χ4n) is 1.62. The number of rotatable bonds is 2. The number of alkyl halides is 1. The fourth-order valence-corrected chi connectivity index (χ4v) is 1.85. The summed E-state index contributed by atoms with van der Waals surface area (Å²) in [6.45, 7) is -0.661. The second kappa shape index (κ2) is 4.62. The highest BCUT2D eigenvalue weighted by Crippen LogP contribution is 2.30. The third-order valence-corrected chi connectivity index (χ3v) is 2.74. The van der Waals surface area contributed by atoms with E-state index in [1.54, 1.807) is 30.3 Å². The summed E-state index contributed by atoms with van der Waals surface area (Å²) >= 11 is 5.89. The summed E-state index contributed by atoms with van der Waals surface area (Å²) in [6, 6.07) is 11.1. The molecule has 0 saturated heterocycles. The molecule has 0 nitrogen and oxygen atoms in total. The van der Waals surface area contributed by atoms with Gasteiger partial charge < -0.3 is 0 Å². The van der Waals surface area contributed by atoms with E-state index in [1.165, 1.54) is 12.1 Å². The molecule has 0 aliphatic rings. The molecule has 0 aliphatic heterocycles. The van der Waals surface area contributed by atoms with Crippen molar-refractivity contribution in [3.8, 4) is 11.1 Å². The molecule has 0 N–H and O–H groups in total. The second-order valence-corrected chi connectivity index (χ2v) is 3.82. The van der Waals surface area contributed by atoms with Crippen LogP contribution in [-0.4, -0.2) is 0 Å². The lowest BCUT2D eigenvalue weighted by atomic mass is 10.0. The minimum atomic E-state index is -0.661. The number of hydrogen-bond acceptors (Lipinski definition) is 0. The zero-order chi connectivity index (χ0) is 11.5. The summed E-state index contributed by atoms with van der Waals surface area (Å²) in [7, 11) is 0. The van der Waals surface area contributed by atoms with Crippen LogP contribution < -0.4 is 0 Å². The van der Waals surface area contributed by atoms with E-state index >= 15 is 0 Å². The molecule has 2 aromatic carbocycles. The summed E-state index contributed by atoms with van der Waals surface area (Å²) in [5.74, 6) is -0.345. The van der Waals surface area contributed by atoms with Gasteiger partial charge in [-0.05, 0) is 29.3 Å². The zero-order valence-corrected chi connectivity index (χ0v) is 9.14. The number of benzene rings is 2. The van der Waals surface area contributed by atoms with Crippen molar-refractivity contribution in [2.75, 3.05) is 0 Å². The van der Waals surface area contributed by atoms with Crippen LogP contribution in [0.2, 0.25) is 5.02 Å². The molecular weight excluding hydrogens is 230 g/mol. The molecule has 0 spiro atoms. The highest BCUT2D eigenvalue weighted by Gasteiger charge is 2.08. The highest BCUT2D eigenvalue weighted by atomic mass is 35.5. The molecular formula is C13H9ClF2. The Morgan fingerprint density at radius 3 is 2.50 bits per heavy atom. The van der Waals surface area contributed by atoms with Crippen LogP contribution >= 0.6 is 11.6 Å². The third-order valence-electron chi connectivity index (χ3n) is 2.39. The lowest BCUT2D eigenvalue weighted by molar-refractivity contribution is 0.486. The lowest BCUT2D eigenvalue weighted by Crippen LogP contribution is -1.88. The largest absolute Gasteiger partial charge is 0.246 e. The Balaban J connectivity index is 2.60. The fraction of sp³-hybridized carbons (Fsp3) is 0.0769. The predicted octanol–water partition coefficient (Wildman–Crippen LogP) is 4.62. The number of hydrogen-bond donors (Lipinski definition) is 0. The summed E-state index contributed by atoms with van der Waals surface area (Å²) in [6.07, 6.45) is 0. The van der Waals surface area contributed by atoms with E-state index in [1.807, 2.05) is 0 Å². The molecule has 0 amide bonds. The van der Waals surface area contributed by atoms with E-state index < -0.39 is 6.67 Å². The van der Waals surface area contributed by atoms with Gasteiger partial charge in [-0.3, -0.25) is 0 Å². The van der Waals surface area contributed by atoms with Crippen molar-refractivity contribution < 1.29 is 8.78 Å². The van der Waals surface area contributed by atoms with Crippen LogP contribution in [-0.2, 0) is 6.67 Å².